The highest BCUT2D eigenvalue weighted by Crippen LogP contribution is 2.28. The predicted molar refractivity (Wildman–Crippen MR) is 91.4 cm³/mol. The Morgan fingerprint density at radius 1 is 0.920 bits per heavy atom. The van der Waals surface area contributed by atoms with E-state index in [1.807, 2.05) is 6.07 Å². The van der Waals surface area contributed by atoms with Crippen molar-refractivity contribution in [3.05, 3.63) is 47.8 Å². The van der Waals surface area contributed by atoms with Crippen molar-refractivity contribution in [3.63, 3.8) is 0 Å². The fourth-order valence-corrected chi connectivity index (χ4v) is 3.51. The van der Waals surface area contributed by atoms with Crippen molar-refractivity contribution in [1.82, 2.24) is 4.72 Å². The van der Waals surface area contributed by atoms with Crippen LogP contribution in [0, 0.1) is 5.82 Å². The summed E-state index contributed by atoms with van der Waals surface area (Å²) in [6.45, 7) is 0.136. The average Bonchev–Trinajstić information content (AvgIpc) is 2.61. The lowest BCUT2D eigenvalue weighted by Gasteiger charge is -2.12. The lowest BCUT2D eigenvalue weighted by Crippen LogP contribution is -2.26. The van der Waals surface area contributed by atoms with Crippen LogP contribution in [0.5, 0.6) is 17.2 Å². The molecule has 0 radical (unpaired) electrons. The van der Waals surface area contributed by atoms with Gasteiger partial charge in [0, 0.05) is 6.54 Å². The Bertz CT molecular complexity index is 839. The van der Waals surface area contributed by atoms with E-state index >= 15 is 0 Å². The summed E-state index contributed by atoms with van der Waals surface area (Å²) in [7, 11) is 0.502. The van der Waals surface area contributed by atoms with Crippen LogP contribution in [-0.2, 0) is 16.4 Å². The first kappa shape index (κ1) is 19.0. The Kier molecular flexibility index (Phi) is 6.22. The van der Waals surface area contributed by atoms with Crippen molar-refractivity contribution in [1.29, 1.82) is 0 Å². The third kappa shape index (κ3) is 4.61. The number of benzene rings is 2. The molecule has 0 spiro atoms. The van der Waals surface area contributed by atoms with E-state index in [4.69, 9.17) is 14.2 Å². The highest BCUT2D eigenvalue weighted by atomic mass is 32.2. The fraction of sp³-hybridized carbons (Fsp3) is 0.294. The molecule has 0 unspecified atom stereocenters. The minimum Gasteiger partial charge on any atom is -0.495 e. The van der Waals surface area contributed by atoms with E-state index in [0.29, 0.717) is 17.9 Å². The number of nitrogens with one attached hydrogen (secondary N) is 1. The summed E-state index contributed by atoms with van der Waals surface area (Å²) in [5.41, 5.74) is 0.867. The normalized spacial score (nSPS) is 11.2. The molecule has 0 aliphatic rings. The van der Waals surface area contributed by atoms with Crippen molar-refractivity contribution in [2.24, 2.45) is 0 Å². The van der Waals surface area contributed by atoms with Gasteiger partial charge in [0.25, 0.3) is 0 Å². The van der Waals surface area contributed by atoms with Gasteiger partial charge in [0.05, 0.1) is 21.3 Å². The Morgan fingerprint density at radius 3 is 2.20 bits per heavy atom. The van der Waals surface area contributed by atoms with Gasteiger partial charge in [-0.1, -0.05) is 6.07 Å². The van der Waals surface area contributed by atoms with Gasteiger partial charge in [-0.2, -0.15) is 0 Å². The Morgan fingerprint density at radius 2 is 1.56 bits per heavy atom. The van der Waals surface area contributed by atoms with Gasteiger partial charge in [0.15, 0.2) is 11.5 Å². The molecule has 0 saturated carbocycles. The summed E-state index contributed by atoms with van der Waals surface area (Å²) < 4.78 is 55.9. The van der Waals surface area contributed by atoms with Crippen LogP contribution in [0.25, 0.3) is 0 Å². The summed E-state index contributed by atoms with van der Waals surface area (Å²) in [5.74, 6) is 0.590. The first-order valence-corrected chi connectivity index (χ1v) is 8.93. The number of hydrogen-bond acceptors (Lipinski definition) is 5. The summed E-state index contributed by atoms with van der Waals surface area (Å²) in [5, 5.41) is 0. The SMILES string of the molecule is COc1ccc(CCNS(=O)(=O)c2cc(F)ccc2OC)cc1OC. The maximum absolute atomic E-state index is 13.4. The van der Waals surface area contributed by atoms with Crippen molar-refractivity contribution in [2.45, 2.75) is 11.3 Å². The maximum Gasteiger partial charge on any atom is 0.244 e. The average molecular weight is 369 g/mol. The zero-order valence-corrected chi connectivity index (χ0v) is 15.0. The first-order chi connectivity index (χ1) is 11.9. The predicted octanol–water partition coefficient (Wildman–Crippen LogP) is 2.37. The van der Waals surface area contributed by atoms with E-state index in [9.17, 15) is 12.8 Å². The maximum atomic E-state index is 13.4. The lowest BCUT2D eigenvalue weighted by molar-refractivity contribution is 0.354. The van der Waals surface area contributed by atoms with Crippen LogP contribution in [0.2, 0.25) is 0 Å². The molecular formula is C17H20FNO5S. The van der Waals surface area contributed by atoms with Crippen LogP contribution >= 0.6 is 0 Å². The number of hydrogen-bond donors (Lipinski definition) is 1. The second-order valence-electron chi connectivity index (χ2n) is 5.13. The Balaban J connectivity index is 2.10. The van der Waals surface area contributed by atoms with Gasteiger partial charge in [0.2, 0.25) is 10.0 Å². The molecule has 136 valence electrons. The van der Waals surface area contributed by atoms with Gasteiger partial charge in [-0.25, -0.2) is 17.5 Å². The molecule has 2 aromatic carbocycles. The van der Waals surface area contributed by atoms with Gasteiger partial charge in [-0.15, -0.1) is 0 Å². The zero-order chi connectivity index (χ0) is 18.4. The third-order valence-corrected chi connectivity index (χ3v) is 5.05. The number of sulfonamides is 1. The fourth-order valence-electron chi connectivity index (χ4n) is 2.30. The van der Waals surface area contributed by atoms with Crippen LogP contribution in [0.4, 0.5) is 4.39 Å². The monoisotopic (exact) mass is 369 g/mol. The van der Waals surface area contributed by atoms with E-state index in [1.165, 1.54) is 27.4 Å². The van der Waals surface area contributed by atoms with Gasteiger partial charge in [-0.3, -0.25) is 0 Å². The molecule has 0 saturated heterocycles. The molecule has 0 aromatic heterocycles. The van der Waals surface area contributed by atoms with E-state index < -0.39 is 15.8 Å². The smallest absolute Gasteiger partial charge is 0.244 e. The number of methoxy groups -OCH3 is 3. The molecular weight excluding hydrogens is 349 g/mol. The van der Waals surface area contributed by atoms with Gasteiger partial charge < -0.3 is 14.2 Å². The van der Waals surface area contributed by atoms with Crippen LogP contribution < -0.4 is 18.9 Å². The van der Waals surface area contributed by atoms with Crippen LogP contribution in [-0.4, -0.2) is 36.3 Å². The first-order valence-electron chi connectivity index (χ1n) is 7.45. The summed E-state index contributed by atoms with van der Waals surface area (Å²) in [4.78, 5) is -0.234. The highest BCUT2D eigenvalue weighted by Gasteiger charge is 2.20. The minimum absolute atomic E-state index is 0.0833. The number of ether oxygens (including phenoxy) is 3. The summed E-state index contributed by atoms with van der Waals surface area (Å²) >= 11 is 0. The van der Waals surface area contributed by atoms with Crippen molar-refractivity contribution in [3.8, 4) is 17.2 Å². The van der Waals surface area contributed by atoms with Gasteiger partial charge >= 0.3 is 0 Å². The van der Waals surface area contributed by atoms with Gasteiger partial charge in [0.1, 0.15) is 16.5 Å². The van der Waals surface area contributed by atoms with Crippen molar-refractivity contribution in [2.75, 3.05) is 27.9 Å². The highest BCUT2D eigenvalue weighted by molar-refractivity contribution is 7.89. The van der Waals surface area contributed by atoms with E-state index in [1.54, 1.807) is 12.1 Å². The second kappa shape index (κ2) is 8.17. The van der Waals surface area contributed by atoms with E-state index in [0.717, 1.165) is 17.7 Å². The zero-order valence-electron chi connectivity index (χ0n) is 14.2. The molecule has 1 N–H and O–H groups in total. The molecule has 0 heterocycles. The molecule has 0 aliphatic carbocycles. The molecule has 0 amide bonds. The Hall–Kier alpha value is -2.32. The standard InChI is InChI=1S/C17H20FNO5S/c1-22-14-6-4-12(10-16(14)24-3)8-9-19-25(20,21)17-11-13(18)5-7-15(17)23-2/h4-7,10-11,19H,8-9H2,1-3H3. The Labute approximate surface area is 146 Å². The summed E-state index contributed by atoms with van der Waals surface area (Å²) in [6, 6.07) is 8.68. The van der Waals surface area contributed by atoms with Gasteiger partial charge in [-0.05, 0) is 42.3 Å². The molecule has 0 aliphatic heterocycles. The molecule has 8 heteroatoms. The van der Waals surface area contributed by atoms with Crippen LogP contribution in [0.1, 0.15) is 5.56 Å². The minimum atomic E-state index is -3.90. The van der Waals surface area contributed by atoms with Crippen molar-refractivity contribution < 1.29 is 27.0 Å². The van der Waals surface area contributed by atoms with Crippen LogP contribution in [0.15, 0.2) is 41.3 Å². The van der Waals surface area contributed by atoms with E-state index in [2.05, 4.69) is 4.72 Å². The lowest BCUT2D eigenvalue weighted by atomic mass is 10.1. The third-order valence-electron chi connectivity index (χ3n) is 3.57. The quantitative estimate of drug-likeness (QED) is 0.773. The van der Waals surface area contributed by atoms with Crippen molar-refractivity contribution >= 4 is 10.0 Å². The topological polar surface area (TPSA) is 73.9 Å². The largest absolute Gasteiger partial charge is 0.495 e. The molecule has 0 fully saturated rings. The molecule has 6 nitrogen and oxygen atoms in total. The molecule has 2 rings (SSSR count). The number of halogens is 1. The molecule has 25 heavy (non-hydrogen) atoms. The molecule has 0 atom stereocenters. The number of rotatable bonds is 8. The van der Waals surface area contributed by atoms with Crippen LogP contribution in [0.3, 0.4) is 0 Å². The molecule has 2 aromatic rings. The summed E-state index contributed by atoms with van der Waals surface area (Å²) in [6.07, 6.45) is 0.428. The second-order valence-corrected chi connectivity index (χ2v) is 6.87. The van der Waals surface area contributed by atoms with E-state index in [-0.39, 0.29) is 17.2 Å². The molecule has 0 bridgehead atoms.